The van der Waals surface area contributed by atoms with E-state index in [1.54, 1.807) is 53.4 Å². The highest BCUT2D eigenvalue weighted by molar-refractivity contribution is 6.39. The maximum atomic E-state index is 12.8. The number of fused-ring (bicyclic) bond motifs is 1. The molecule has 0 atom stereocenters. The average Bonchev–Trinajstić information content (AvgIpc) is 3.72. The normalized spacial score (nSPS) is 12.8. The van der Waals surface area contributed by atoms with Crippen LogP contribution in [0.2, 0.25) is 15.1 Å². The van der Waals surface area contributed by atoms with Gasteiger partial charge in [0.2, 0.25) is 0 Å². The molecule has 0 unspecified atom stereocenters. The molecule has 1 aliphatic rings. The van der Waals surface area contributed by atoms with Crippen molar-refractivity contribution in [2.24, 2.45) is 0 Å². The smallest absolute Gasteiger partial charge is 0.410 e. The maximum Gasteiger partial charge on any atom is 0.410 e. The third-order valence-electron chi connectivity index (χ3n) is 8.81. The molecule has 5 aromatic rings. The summed E-state index contributed by atoms with van der Waals surface area (Å²) < 4.78 is 19.5. The summed E-state index contributed by atoms with van der Waals surface area (Å²) in [5.41, 5.74) is 3.30. The summed E-state index contributed by atoms with van der Waals surface area (Å²) in [6, 6.07) is 15.6. The molecule has 0 saturated heterocycles. The Labute approximate surface area is 323 Å². The van der Waals surface area contributed by atoms with Crippen molar-refractivity contribution in [3.8, 4) is 28.8 Å². The zero-order valence-corrected chi connectivity index (χ0v) is 32.4. The second kappa shape index (κ2) is 15.8. The molecular weight excluding hydrogens is 737 g/mol. The second-order valence-corrected chi connectivity index (χ2v) is 15.5. The Balaban J connectivity index is 1.20. The molecule has 9 nitrogen and oxygen atoms in total. The van der Waals surface area contributed by atoms with E-state index < -0.39 is 11.6 Å². The molecule has 1 saturated carbocycles. The van der Waals surface area contributed by atoms with Gasteiger partial charge in [-0.15, -0.1) is 0 Å². The Hall–Kier alpha value is -4.62. The van der Waals surface area contributed by atoms with Gasteiger partial charge >= 0.3 is 12.1 Å². The molecule has 53 heavy (non-hydrogen) atoms. The lowest BCUT2D eigenvalue weighted by atomic mass is 10.0. The molecule has 0 spiro atoms. The molecule has 12 heteroatoms. The van der Waals surface area contributed by atoms with Crippen LogP contribution in [0.5, 0.6) is 5.75 Å². The fourth-order valence-electron chi connectivity index (χ4n) is 6.04. The number of carboxylic acids is 1. The van der Waals surface area contributed by atoms with E-state index in [0.29, 0.717) is 62.7 Å². The standard InChI is InChI=1S/C41H40Cl3N3O6/c1-24(2)47(40(50)52-41(3,4)5)18-7-17-46-19-16-30-27(20-28(39(48)49)21-35(30)46)13-10-25-14-15-29(22-34(25)44)51-23-31-37(45-53-38(31)26-11-12-26)36-32(42)8-6-9-33(36)43/h6,8-9,14-16,19-22,24,26H,7,11-12,17-18,23H2,1-5H3,(H,48,49). The molecule has 2 heterocycles. The molecule has 0 bridgehead atoms. The molecule has 1 amide bonds. The van der Waals surface area contributed by atoms with E-state index in [1.165, 1.54) is 0 Å². The van der Waals surface area contributed by atoms with Crippen molar-refractivity contribution in [2.75, 3.05) is 6.54 Å². The molecule has 276 valence electrons. The number of hydrogen-bond donors (Lipinski definition) is 1. The van der Waals surface area contributed by atoms with Crippen molar-refractivity contribution < 1.29 is 28.7 Å². The number of nitrogens with zero attached hydrogens (tertiary/aromatic N) is 3. The summed E-state index contributed by atoms with van der Waals surface area (Å²) in [5.74, 6) is 6.78. The van der Waals surface area contributed by atoms with Crippen LogP contribution in [0.1, 0.15) is 92.6 Å². The van der Waals surface area contributed by atoms with Gasteiger partial charge in [0.1, 0.15) is 29.4 Å². The number of aryl methyl sites for hydroxylation is 1. The number of aromatic nitrogens is 2. The van der Waals surface area contributed by atoms with E-state index in [4.69, 9.17) is 48.8 Å². The summed E-state index contributed by atoms with van der Waals surface area (Å²) in [6.45, 7) is 10.6. The van der Waals surface area contributed by atoms with Crippen LogP contribution < -0.4 is 4.74 Å². The Morgan fingerprint density at radius 2 is 1.74 bits per heavy atom. The minimum Gasteiger partial charge on any atom is -0.489 e. The zero-order chi connectivity index (χ0) is 38.0. The lowest BCUT2D eigenvalue weighted by molar-refractivity contribution is 0.0186. The van der Waals surface area contributed by atoms with E-state index in [-0.39, 0.29) is 30.2 Å². The minimum atomic E-state index is -1.06. The van der Waals surface area contributed by atoms with Crippen LogP contribution in [-0.2, 0) is 17.9 Å². The van der Waals surface area contributed by atoms with Crippen LogP contribution >= 0.6 is 34.8 Å². The molecule has 6 rings (SSSR count). The first kappa shape index (κ1) is 38.1. The Morgan fingerprint density at radius 3 is 2.38 bits per heavy atom. The Kier molecular flexibility index (Phi) is 11.3. The topological polar surface area (TPSA) is 107 Å². The third kappa shape index (κ3) is 8.96. The highest BCUT2D eigenvalue weighted by Crippen LogP contribution is 2.46. The van der Waals surface area contributed by atoms with Crippen LogP contribution in [-0.4, -0.2) is 50.0 Å². The van der Waals surface area contributed by atoms with Crippen molar-refractivity contribution in [2.45, 2.75) is 84.6 Å². The number of ether oxygens (including phenoxy) is 2. The van der Waals surface area contributed by atoms with E-state index in [0.717, 1.165) is 35.1 Å². The van der Waals surface area contributed by atoms with E-state index in [9.17, 15) is 14.7 Å². The molecule has 3 aromatic carbocycles. The van der Waals surface area contributed by atoms with Crippen molar-refractivity contribution in [1.29, 1.82) is 0 Å². The van der Waals surface area contributed by atoms with Gasteiger partial charge in [0.15, 0.2) is 0 Å². The lowest BCUT2D eigenvalue weighted by Crippen LogP contribution is -2.41. The number of carbonyl (C=O) groups is 2. The molecule has 1 aliphatic carbocycles. The maximum absolute atomic E-state index is 12.8. The highest BCUT2D eigenvalue weighted by Gasteiger charge is 2.34. The molecule has 1 N–H and O–H groups in total. The number of hydrogen-bond acceptors (Lipinski definition) is 6. The summed E-state index contributed by atoms with van der Waals surface area (Å²) in [7, 11) is 0. The molecule has 1 fully saturated rings. The van der Waals surface area contributed by atoms with E-state index >= 15 is 0 Å². The summed E-state index contributed by atoms with van der Waals surface area (Å²) in [5, 5.41) is 16.4. The SMILES string of the molecule is CC(C)N(CCCn1ccc2c(C#Cc3ccc(OCc4c(-c5c(Cl)cccc5Cl)noc4C4CC4)cc3Cl)cc(C(=O)O)cc21)C(=O)OC(C)(C)C. The van der Waals surface area contributed by atoms with Gasteiger partial charge in [-0.2, -0.15) is 0 Å². The number of rotatable bonds is 11. The fourth-order valence-corrected chi connectivity index (χ4v) is 6.83. The second-order valence-electron chi connectivity index (χ2n) is 14.3. The van der Waals surface area contributed by atoms with Crippen LogP contribution in [0, 0.1) is 11.8 Å². The first-order valence-corrected chi connectivity index (χ1v) is 18.6. The average molecular weight is 777 g/mol. The van der Waals surface area contributed by atoms with Gasteiger partial charge in [-0.05, 0) is 96.3 Å². The zero-order valence-electron chi connectivity index (χ0n) is 30.1. The Bertz CT molecular complexity index is 2220. The predicted molar refractivity (Wildman–Crippen MR) is 207 cm³/mol. The lowest BCUT2D eigenvalue weighted by Gasteiger charge is -2.30. The van der Waals surface area contributed by atoms with Gasteiger partial charge < -0.3 is 28.6 Å². The van der Waals surface area contributed by atoms with Gasteiger partial charge in [-0.1, -0.05) is 57.9 Å². The number of benzene rings is 3. The first-order valence-electron chi connectivity index (χ1n) is 17.4. The number of carbonyl (C=O) groups excluding carboxylic acids is 1. The van der Waals surface area contributed by atoms with Gasteiger partial charge in [-0.25, -0.2) is 9.59 Å². The number of aromatic carboxylic acids is 1. The summed E-state index contributed by atoms with van der Waals surface area (Å²) >= 11 is 19.7. The number of carboxylic acid groups (broad SMARTS) is 1. The fraction of sp³-hybridized carbons (Fsp3) is 0.341. The predicted octanol–water partition coefficient (Wildman–Crippen LogP) is 10.8. The largest absolute Gasteiger partial charge is 0.489 e. The van der Waals surface area contributed by atoms with Crippen molar-refractivity contribution >= 4 is 57.8 Å². The van der Waals surface area contributed by atoms with Crippen molar-refractivity contribution in [3.05, 3.63) is 104 Å². The van der Waals surface area contributed by atoms with Crippen LogP contribution in [0.3, 0.4) is 0 Å². The molecule has 0 radical (unpaired) electrons. The summed E-state index contributed by atoms with van der Waals surface area (Å²) in [6.07, 6.45) is 4.20. The van der Waals surface area contributed by atoms with Crippen LogP contribution in [0.4, 0.5) is 4.79 Å². The molecular formula is C41H40Cl3N3O6. The quantitative estimate of drug-likeness (QED) is 0.133. The van der Waals surface area contributed by atoms with Gasteiger partial charge in [0, 0.05) is 59.4 Å². The Morgan fingerprint density at radius 1 is 1.02 bits per heavy atom. The summed E-state index contributed by atoms with van der Waals surface area (Å²) in [4.78, 5) is 26.6. The molecule has 2 aromatic heterocycles. The number of halogens is 3. The minimum absolute atomic E-state index is 0.0418. The third-order valence-corrected chi connectivity index (χ3v) is 9.75. The van der Waals surface area contributed by atoms with Crippen molar-refractivity contribution in [3.63, 3.8) is 0 Å². The van der Waals surface area contributed by atoms with Gasteiger partial charge in [0.05, 0.1) is 31.7 Å². The van der Waals surface area contributed by atoms with Gasteiger partial charge in [-0.3, -0.25) is 0 Å². The monoisotopic (exact) mass is 775 g/mol. The van der Waals surface area contributed by atoms with Crippen LogP contribution in [0.25, 0.3) is 22.2 Å². The number of amides is 1. The van der Waals surface area contributed by atoms with Gasteiger partial charge in [0.25, 0.3) is 0 Å². The highest BCUT2D eigenvalue weighted by atomic mass is 35.5. The van der Waals surface area contributed by atoms with E-state index in [1.807, 2.05) is 51.4 Å². The van der Waals surface area contributed by atoms with Crippen LogP contribution in [0.15, 0.2) is 65.3 Å². The van der Waals surface area contributed by atoms with Crippen molar-refractivity contribution in [1.82, 2.24) is 14.6 Å². The first-order chi connectivity index (χ1) is 25.2. The molecule has 0 aliphatic heterocycles. The van der Waals surface area contributed by atoms with E-state index in [2.05, 4.69) is 17.0 Å².